The van der Waals surface area contributed by atoms with Gasteiger partial charge < -0.3 is 5.11 Å². The fraction of sp³-hybridized carbons (Fsp3) is 0.538. The van der Waals surface area contributed by atoms with E-state index in [1.165, 1.54) is 11.3 Å². The SMILES string of the molecule is OC1(c2scnc2Br)CCN(Cc2nc(C(F)(F)F)cs2)CC1. The monoisotopic (exact) mass is 427 g/mol. The second-order valence-corrected chi connectivity index (χ2v) is 7.95. The number of thiazole rings is 2. The van der Waals surface area contributed by atoms with E-state index in [1.807, 2.05) is 4.90 Å². The molecule has 1 aliphatic heterocycles. The first-order valence-electron chi connectivity index (χ1n) is 6.84. The van der Waals surface area contributed by atoms with Crippen LogP contribution in [0.15, 0.2) is 15.5 Å². The zero-order valence-electron chi connectivity index (χ0n) is 11.8. The molecule has 126 valence electrons. The zero-order chi connectivity index (χ0) is 16.7. The van der Waals surface area contributed by atoms with Crippen molar-refractivity contribution >= 4 is 38.6 Å². The van der Waals surface area contributed by atoms with Crippen LogP contribution in [0.3, 0.4) is 0 Å². The summed E-state index contributed by atoms with van der Waals surface area (Å²) >= 11 is 5.76. The van der Waals surface area contributed by atoms with Crippen molar-refractivity contribution in [2.24, 2.45) is 0 Å². The lowest BCUT2D eigenvalue weighted by molar-refractivity contribution is -0.140. The van der Waals surface area contributed by atoms with E-state index in [2.05, 4.69) is 25.9 Å². The predicted molar refractivity (Wildman–Crippen MR) is 85.3 cm³/mol. The molecule has 23 heavy (non-hydrogen) atoms. The third-order valence-electron chi connectivity index (χ3n) is 3.83. The van der Waals surface area contributed by atoms with Gasteiger partial charge in [0.05, 0.1) is 16.9 Å². The highest BCUT2D eigenvalue weighted by Crippen LogP contribution is 2.39. The summed E-state index contributed by atoms with van der Waals surface area (Å²) in [5, 5.41) is 12.3. The smallest absolute Gasteiger partial charge is 0.384 e. The van der Waals surface area contributed by atoms with Gasteiger partial charge in [-0.3, -0.25) is 4.90 Å². The highest BCUT2D eigenvalue weighted by molar-refractivity contribution is 9.10. The average molecular weight is 428 g/mol. The second kappa shape index (κ2) is 6.40. The van der Waals surface area contributed by atoms with Gasteiger partial charge in [0.15, 0.2) is 5.69 Å². The van der Waals surface area contributed by atoms with Gasteiger partial charge in [0, 0.05) is 18.5 Å². The molecule has 0 aliphatic carbocycles. The summed E-state index contributed by atoms with van der Waals surface area (Å²) in [6.45, 7) is 1.57. The van der Waals surface area contributed by atoms with E-state index in [9.17, 15) is 18.3 Å². The lowest BCUT2D eigenvalue weighted by atomic mass is 9.90. The minimum Gasteiger partial charge on any atom is -0.384 e. The van der Waals surface area contributed by atoms with Gasteiger partial charge in [0.25, 0.3) is 0 Å². The first-order chi connectivity index (χ1) is 10.8. The van der Waals surface area contributed by atoms with E-state index in [1.54, 1.807) is 5.51 Å². The predicted octanol–water partition coefficient (Wildman–Crippen LogP) is 3.86. The van der Waals surface area contributed by atoms with Gasteiger partial charge in [-0.1, -0.05) is 0 Å². The van der Waals surface area contributed by atoms with E-state index in [0.717, 1.165) is 21.6 Å². The number of alkyl halides is 3. The standard InChI is InChI=1S/C13H13BrF3N3OS2/c14-11-10(23-7-18-11)12(21)1-3-20(4-2-12)5-9-19-8(6-22-9)13(15,16)17/h6-7,21H,1-5H2. The van der Waals surface area contributed by atoms with Crippen LogP contribution < -0.4 is 0 Å². The topological polar surface area (TPSA) is 49.3 Å². The van der Waals surface area contributed by atoms with Gasteiger partial charge in [-0.05, 0) is 28.8 Å². The molecule has 1 aliphatic rings. The van der Waals surface area contributed by atoms with Gasteiger partial charge in [-0.15, -0.1) is 22.7 Å². The summed E-state index contributed by atoms with van der Waals surface area (Å²) in [7, 11) is 0. The van der Waals surface area contributed by atoms with Crippen molar-refractivity contribution in [3.63, 3.8) is 0 Å². The quantitative estimate of drug-likeness (QED) is 0.807. The summed E-state index contributed by atoms with van der Waals surface area (Å²) in [6.07, 6.45) is -3.36. The van der Waals surface area contributed by atoms with Crippen molar-refractivity contribution in [1.29, 1.82) is 0 Å². The van der Waals surface area contributed by atoms with E-state index >= 15 is 0 Å². The van der Waals surface area contributed by atoms with E-state index in [-0.39, 0.29) is 0 Å². The summed E-state index contributed by atoms with van der Waals surface area (Å²) in [5.74, 6) is 0. The van der Waals surface area contributed by atoms with Crippen LogP contribution in [0.2, 0.25) is 0 Å². The van der Waals surface area contributed by atoms with Crippen LogP contribution in [0.25, 0.3) is 0 Å². The Morgan fingerprint density at radius 1 is 1.30 bits per heavy atom. The molecule has 0 bridgehead atoms. The summed E-state index contributed by atoms with van der Waals surface area (Å²) in [6, 6.07) is 0. The molecule has 0 aromatic carbocycles. The van der Waals surface area contributed by atoms with Crippen molar-refractivity contribution in [3.05, 3.63) is 31.1 Å². The number of nitrogens with zero attached hydrogens (tertiary/aromatic N) is 3. The molecule has 2 aromatic rings. The summed E-state index contributed by atoms with van der Waals surface area (Å²) < 4.78 is 38.4. The van der Waals surface area contributed by atoms with Crippen molar-refractivity contribution in [1.82, 2.24) is 14.9 Å². The number of aromatic nitrogens is 2. The maximum absolute atomic E-state index is 12.6. The van der Waals surface area contributed by atoms with Gasteiger partial charge >= 0.3 is 6.18 Å². The highest BCUT2D eigenvalue weighted by Gasteiger charge is 2.38. The number of rotatable bonds is 3. The highest BCUT2D eigenvalue weighted by atomic mass is 79.9. The fourth-order valence-corrected chi connectivity index (χ4v) is 5.11. The minimum absolute atomic E-state index is 0.376. The van der Waals surface area contributed by atoms with Crippen molar-refractivity contribution in [3.8, 4) is 0 Å². The molecule has 3 rings (SSSR count). The maximum Gasteiger partial charge on any atom is 0.434 e. The molecular weight excluding hydrogens is 415 g/mol. The van der Waals surface area contributed by atoms with E-state index in [4.69, 9.17) is 0 Å². The van der Waals surface area contributed by atoms with Gasteiger partial charge in [-0.2, -0.15) is 13.2 Å². The van der Waals surface area contributed by atoms with Gasteiger partial charge in [0.2, 0.25) is 0 Å². The Labute approximate surface area is 147 Å². The molecule has 0 unspecified atom stereocenters. The van der Waals surface area contributed by atoms with Crippen LogP contribution in [0.1, 0.15) is 28.4 Å². The van der Waals surface area contributed by atoms with Crippen LogP contribution in [0, 0.1) is 0 Å². The normalized spacial score (nSPS) is 19.2. The van der Waals surface area contributed by atoms with E-state index in [0.29, 0.717) is 42.1 Å². The van der Waals surface area contributed by atoms with E-state index < -0.39 is 17.5 Å². The fourth-order valence-electron chi connectivity index (χ4n) is 2.55. The van der Waals surface area contributed by atoms with Gasteiger partial charge in [0.1, 0.15) is 15.2 Å². The van der Waals surface area contributed by atoms with Gasteiger partial charge in [-0.25, -0.2) is 9.97 Å². The zero-order valence-corrected chi connectivity index (χ0v) is 15.0. The second-order valence-electron chi connectivity index (χ2n) is 5.40. The summed E-state index contributed by atoms with van der Waals surface area (Å²) in [4.78, 5) is 10.6. The molecule has 0 atom stereocenters. The van der Waals surface area contributed by atoms with Crippen LogP contribution in [-0.4, -0.2) is 33.1 Å². The third-order valence-corrected chi connectivity index (χ3v) is 6.55. The Kier molecular flexibility index (Phi) is 4.81. The molecule has 2 aromatic heterocycles. The van der Waals surface area contributed by atoms with Crippen LogP contribution >= 0.6 is 38.6 Å². The van der Waals surface area contributed by atoms with Crippen LogP contribution in [0.5, 0.6) is 0 Å². The molecule has 1 fully saturated rings. The number of hydrogen-bond donors (Lipinski definition) is 1. The summed E-state index contributed by atoms with van der Waals surface area (Å²) in [5.41, 5.74) is -0.0753. The Balaban J connectivity index is 1.61. The molecule has 0 radical (unpaired) electrons. The minimum atomic E-state index is -4.39. The molecule has 3 heterocycles. The molecule has 1 saturated heterocycles. The Hall–Kier alpha value is -0.550. The van der Waals surface area contributed by atoms with Crippen molar-refractivity contribution in [2.75, 3.05) is 13.1 Å². The van der Waals surface area contributed by atoms with Crippen LogP contribution in [-0.2, 0) is 18.3 Å². The number of halogens is 4. The van der Waals surface area contributed by atoms with Crippen molar-refractivity contribution in [2.45, 2.75) is 31.2 Å². The number of likely N-dealkylation sites (tertiary alicyclic amines) is 1. The maximum atomic E-state index is 12.6. The largest absolute Gasteiger partial charge is 0.434 e. The third kappa shape index (κ3) is 3.76. The lowest BCUT2D eigenvalue weighted by Crippen LogP contribution is -2.42. The number of aliphatic hydroxyl groups is 1. The number of piperidine rings is 1. The Morgan fingerprint density at radius 3 is 2.52 bits per heavy atom. The van der Waals surface area contributed by atoms with Crippen LogP contribution in [0.4, 0.5) is 13.2 Å². The lowest BCUT2D eigenvalue weighted by Gasteiger charge is -2.37. The van der Waals surface area contributed by atoms with Crippen molar-refractivity contribution < 1.29 is 18.3 Å². The Bertz CT molecular complexity index is 680. The number of hydrogen-bond acceptors (Lipinski definition) is 6. The molecule has 1 N–H and O–H groups in total. The first-order valence-corrected chi connectivity index (χ1v) is 9.39. The molecule has 0 saturated carbocycles. The average Bonchev–Trinajstić information content (AvgIpc) is 3.10. The molecule has 0 amide bonds. The molecule has 10 heteroatoms. The first kappa shape index (κ1) is 17.3. The molecular formula is C13H13BrF3N3OS2. The molecule has 0 spiro atoms. The molecule has 4 nitrogen and oxygen atoms in total. The Morgan fingerprint density at radius 2 is 2.00 bits per heavy atom.